The van der Waals surface area contributed by atoms with E-state index in [9.17, 15) is 17.6 Å². The summed E-state index contributed by atoms with van der Waals surface area (Å²) in [6.45, 7) is 0. The third-order valence-corrected chi connectivity index (χ3v) is 2.31. The van der Waals surface area contributed by atoms with Crippen LogP contribution in [0, 0.1) is 23.4 Å². The zero-order chi connectivity index (χ0) is 14.0. The molecule has 0 saturated heterocycles. The molecule has 0 bridgehead atoms. The molecular weight excluding hydrogens is 264 g/mol. The van der Waals surface area contributed by atoms with E-state index in [1.807, 2.05) is 0 Å². The van der Waals surface area contributed by atoms with Crippen molar-refractivity contribution >= 4 is 11.5 Å². The van der Waals surface area contributed by atoms with Crippen LogP contribution in [0.25, 0.3) is 0 Å². The van der Waals surface area contributed by atoms with Crippen LogP contribution in [0.5, 0.6) is 5.75 Å². The predicted octanol–water partition coefficient (Wildman–Crippen LogP) is 3.39. The van der Waals surface area contributed by atoms with E-state index in [2.05, 4.69) is 10.3 Å². The molecule has 0 fully saturated rings. The van der Waals surface area contributed by atoms with Gasteiger partial charge in [-0.2, -0.15) is 9.37 Å². The van der Waals surface area contributed by atoms with Gasteiger partial charge < -0.3 is 10.1 Å². The number of halogens is 4. The fraction of sp³-hybridized carbons (Fsp3) is 0.0833. The molecule has 1 aromatic carbocycles. The quantitative estimate of drug-likeness (QED) is 0.687. The fourth-order valence-corrected chi connectivity index (χ4v) is 1.39. The first-order valence-electron chi connectivity index (χ1n) is 5.13. The Morgan fingerprint density at radius 2 is 1.74 bits per heavy atom. The molecular formula is C12H8F4N2O. The van der Waals surface area contributed by atoms with Gasteiger partial charge in [-0.3, -0.25) is 0 Å². The molecule has 1 aromatic heterocycles. The summed E-state index contributed by atoms with van der Waals surface area (Å²) >= 11 is 0. The number of rotatable bonds is 3. The standard InChI is InChI=1S/C12H8F4N2O/c1-19-6-2-3-7(13)10(4-6)17-12-9(15)5-8(14)11(16)18-12/h2-5H,1H3,(H,17,18). The number of hydrogen-bond donors (Lipinski definition) is 1. The highest BCUT2D eigenvalue weighted by Gasteiger charge is 2.13. The number of benzene rings is 1. The van der Waals surface area contributed by atoms with Crippen LogP contribution in [0.15, 0.2) is 24.3 Å². The zero-order valence-electron chi connectivity index (χ0n) is 9.68. The molecule has 2 aromatic rings. The second-order valence-corrected chi connectivity index (χ2v) is 3.56. The number of methoxy groups -OCH3 is 1. The Labute approximate surface area is 105 Å². The lowest BCUT2D eigenvalue weighted by Gasteiger charge is -2.09. The van der Waals surface area contributed by atoms with Gasteiger partial charge in [0, 0.05) is 12.1 Å². The van der Waals surface area contributed by atoms with Crippen LogP contribution in [-0.4, -0.2) is 12.1 Å². The molecule has 1 heterocycles. The summed E-state index contributed by atoms with van der Waals surface area (Å²) in [5.74, 6) is -5.06. The van der Waals surface area contributed by atoms with Gasteiger partial charge in [0.15, 0.2) is 17.5 Å². The Morgan fingerprint density at radius 3 is 2.42 bits per heavy atom. The van der Waals surface area contributed by atoms with E-state index in [4.69, 9.17) is 4.74 Å². The number of nitrogens with zero attached hydrogens (tertiary/aromatic N) is 1. The predicted molar refractivity (Wildman–Crippen MR) is 60.3 cm³/mol. The smallest absolute Gasteiger partial charge is 0.251 e. The summed E-state index contributed by atoms with van der Waals surface area (Å²) in [6, 6.07) is 3.99. The van der Waals surface area contributed by atoms with Crippen molar-refractivity contribution in [1.82, 2.24) is 4.98 Å². The van der Waals surface area contributed by atoms with E-state index in [-0.39, 0.29) is 5.69 Å². The molecule has 3 nitrogen and oxygen atoms in total. The molecule has 0 unspecified atom stereocenters. The van der Waals surface area contributed by atoms with Crippen molar-refractivity contribution in [3.8, 4) is 5.75 Å². The first kappa shape index (κ1) is 13.1. The van der Waals surface area contributed by atoms with Crippen molar-refractivity contribution < 1.29 is 22.3 Å². The molecule has 100 valence electrons. The van der Waals surface area contributed by atoms with Gasteiger partial charge in [0.1, 0.15) is 11.6 Å². The summed E-state index contributed by atoms with van der Waals surface area (Å²) in [6.07, 6.45) is 0. The van der Waals surface area contributed by atoms with Crippen LogP contribution < -0.4 is 10.1 Å². The van der Waals surface area contributed by atoms with Crippen molar-refractivity contribution in [2.45, 2.75) is 0 Å². The molecule has 2 rings (SSSR count). The number of ether oxygens (including phenoxy) is 1. The molecule has 1 N–H and O–H groups in total. The minimum absolute atomic E-state index is 0.170. The Kier molecular flexibility index (Phi) is 3.55. The first-order chi connectivity index (χ1) is 9.01. The Morgan fingerprint density at radius 1 is 1.00 bits per heavy atom. The second-order valence-electron chi connectivity index (χ2n) is 3.56. The van der Waals surface area contributed by atoms with Crippen molar-refractivity contribution in [1.29, 1.82) is 0 Å². The van der Waals surface area contributed by atoms with Crippen LogP contribution >= 0.6 is 0 Å². The molecule has 0 aliphatic heterocycles. The summed E-state index contributed by atoms with van der Waals surface area (Å²) in [7, 11) is 1.37. The maximum Gasteiger partial charge on any atom is 0.251 e. The summed E-state index contributed by atoms with van der Waals surface area (Å²) < 4.78 is 57.3. The van der Waals surface area contributed by atoms with Gasteiger partial charge in [-0.05, 0) is 12.1 Å². The highest BCUT2D eigenvalue weighted by molar-refractivity contribution is 5.59. The summed E-state index contributed by atoms with van der Waals surface area (Å²) in [4.78, 5) is 3.03. The second kappa shape index (κ2) is 5.13. The van der Waals surface area contributed by atoms with Crippen molar-refractivity contribution in [2.24, 2.45) is 0 Å². The summed E-state index contributed by atoms with van der Waals surface area (Å²) in [5, 5.41) is 2.24. The highest BCUT2D eigenvalue weighted by Crippen LogP contribution is 2.25. The Balaban J connectivity index is 2.38. The van der Waals surface area contributed by atoms with E-state index in [0.717, 1.165) is 6.07 Å². The molecule has 0 atom stereocenters. The van der Waals surface area contributed by atoms with Crippen molar-refractivity contribution in [3.63, 3.8) is 0 Å². The average molecular weight is 272 g/mol. The van der Waals surface area contributed by atoms with Crippen LogP contribution in [0.4, 0.5) is 29.1 Å². The monoisotopic (exact) mass is 272 g/mol. The van der Waals surface area contributed by atoms with E-state index >= 15 is 0 Å². The van der Waals surface area contributed by atoms with Gasteiger partial charge in [0.05, 0.1) is 12.8 Å². The van der Waals surface area contributed by atoms with Gasteiger partial charge >= 0.3 is 0 Å². The number of aromatic nitrogens is 1. The molecule has 0 saturated carbocycles. The zero-order valence-corrected chi connectivity index (χ0v) is 9.68. The van der Waals surface area contributed by atoms with E-state index < -0.39 is 29.2 Å². The molecule has 0 amide bonds. The van der Waals surface area contributed by atoms with Crippen LogP contribution in [0.3, 0.4) is 0 Å². The van der Waals surface area contributed by atoms with E-state index in [0.29, 0.717) is 11.8 Å². The topological polar surface area (TPSA) is 34.1 Å². The SMILES string of the molecule is COc1ccc(F)c(Nc2nc(F)c(F)cc2F)c1. The molecule has 19 heavy (non-hydrogen) atoms. The Hall–Kier alpha value is -2.31. The lowest BCUT2D eigenvalue weighted by Crippen LogP contribution is -2.03. The normalized spacial score (nSPS) is 10.4. The van der Waals surface area contributed by atoms with Crippen LogP contribution in [0.1, 0.15) is 0 Å². The van der Waals surface area contributed by atoms with Gasteiger partial charge in [0.2, 0.25) is 0 Å². The number of nitrogens with one attached hydrogen (secondary N) is 1. The third kappa shape index (κ3) is 2.75. The minimum atomic E-state index is -1.48. The molecule has 7 heteroatoms. The largest absolute Gasteiger partial charge is 0.497 e. The Bertz CT molecular complexity index is 619. The number of pyridine rings is 1. The lowest BCUT2D eigenvalue weighted by atomic mass is 10.3. The highest BCUT2D eigenvalue weighted by atomic mass is 19.2. The molecule has 0 aliphatic rings. The number of hydrogen-bond acceptors (Lipinski definition) is 3. The summed E-state index contributed by atoms with van der Waals surface area (Å²) in [5.41, 5.74) is -0.170. The fourth-order valence-electron chi connectivity index (χ4n) is 1.39. The van der Waals surface area contributed by atoms with Gasteiger partial charge in [0.25, 0.3) is 5.95 Å². The van der Waals surface area contributed by atoms with Crippen molar-refractivity contribution in [3.05, 3.63) is 47.7 Å². The molecule has 0 spiro atoms. The average Bonchev–Trinajstić information content (AvgIpc) is 2.38. The minimum Gasteiger partial charge on any atom is -0.497 e. The molecule has 0 radical (unpaired) electrons. The van der Waals surface area contributed by atoms with Gasteiger partial charge in [-0.15, -0.1) is 0 Å². The number of anilines is 2. The maximum atomic E-state index is 13.5. The molecule has 0 aliphatic carbocycles. The third-order valence-electron chi connectivity index (χ3n) is 2.31. The van der Waals surface area contributed by atoms with E-state index in [1.54, 1.807) is 0 Å². The van der Waals surface area contributed by atoms with Gasteiger partial charge in [-0.25, -0.2) is 13.2 Å². The first-order valence-corrected chi connectivity index (χ1v) is 5.13. The van der Waals surface area contributed by atoms with Crippen LogP contribution in [-0.2, 0) is 0 Å². The van der Waals surface area contributed by atoms with E-state index in [1.165, 1.54) is 19.2 Å². The van der Waals surface area contributed by atoms with Crippen LogP contribution in [0.2, 0.25) is 0 Å². The lowest BCUT2D eigenvalue weighted by molar-refractivity contribution is 0.414. The maximum absolute atomic E-state index is 13.5. The van der Waals surface area contributed by atoms with Gasteiger partial charge in [-0.1, -0.05) is 0 Å². The van der Waals surface area contributed by atoms with Crippen molar-refractivity contribution in [2.75, 3.05) is 12.4 Å².